The van der Waals surface area contributed by atoms with Crippen LogP contribution >= 0.6 is 27.5 Å². The van der Waals surface area contributed by atoms with E-state index in [0.717, 1.165) is 40.9 Å². The quantitative estimate of drug-likeness (QED) is 0.420. The van der Waals surface area contributed by atoms with E-state index in [-0.39, 0.29) is 29.7 Å². The molecule has 1 aliphatic heterocycles. The molecule has 2 bridgehead atoms. The molecule has 6 rings (SSSR count). The smallest absolute Gasteiger partial charge is 0.223 e. The van der Waals surface area contributed by atoms with Crippen LogP contribution in [0.3, 0.4) is 0 Å². The summed E-state index contributed by atoms with van der Waals surface area (Å²) in [6.07, 6.45) is 6.98. The van der Waals surface area contributed by atoms with Crippen LogP contribution < -0.4 is 16.0 Å². The van der Waals surface area contributed by atoms with Gasteiger partial charge in [-0.05, 0) is 52.4 Å². The van der Waals surface area contributed by atoms with E-state index in [0.29, 0.717) is 35.2 Å². The fourth-order valence-corrected chi connectivity index (χ4v) is 6.20. The van der Waals surface area contributed by atoms with Crippen molar-refractivity contribution in [3.63, 3.8) is 0 Å². The Bertz CT molecular complexity index is 1300. The summed E-state index contributed by atoms with van der Waals surface area (Å²) >= 11 is 10.3. The lowest BCUT2D eigenvalue weighted by molar-refractivity contribution is -0.122. The van der Waals surface area contributed by atoms with Crippen molar-refractivity contribution >= 4 is 56.0 Å². The lowest BCUT2D eigenvalue weighted by Gasteiger charge is -2.29. The second-order valence-corrected chi connectivity index (χ2v) is 10.3. The summed E-state index contributed by atoms with van der Waals surface area (Å²) < 4.78 is 6.23. The lowest BCUT2D eigenvalue weighted by atomic mass is 9.88. The molecule has 1 amide bonds. The van der Waals surface area contributed by atoms with Crippen LogP contribution in [-0.2, 0) is 9.53 Å². The molecular weight excluding hydrogens is 520 g/mol. The van der Waals surface area contributed by atoms with Crippen LogP contribution in [0.5, 0.6) is 0 Å². The number of nitrogens with one attached hydrogen (secondary N) is 2. The van der Waals surface area contributed by atoms with Gasteiger partial charge in [-0.2, -0.15) is 0 Å². The van der Waals surface area contributed by atoms with E-state index >= 15 is 0 Å². The molecular formula is C24H24BrClN6O2. The van der Waals surface area contributed by atoms with E-state index in [1.165, 1.54) is 0 Å². The fourth-order valence-electron chi connectivity index (χ4n) is 5.49. The third-order valence-electron chi connectivity index (χ3n) is 7.14. The number of aromatic nitrogens is 3. The molecule has 10 heteroatoms. The summed E-state index contributed by atoms with van der Waals surface area (Å²) in [7, 11) is 0. The standard InChI is InChI=1S/C24H24BrClN6O2/c25-15-11-28-24-21(20(15)29-19-13-2-1-12(9-13)18(19)22(27)33)30-23(31-24)14-3-4-17(16(26)10-14)32-5-7-34-8-6-32/h1-4,10-13,18-19H,5-9H2,(H2,27,33)(H2,28,29,30,31)/t12-,13+,18+,19-/m1/s1. The summed E-state index contributed by atoms with van der Waals surface area (Å²) in [5, 5.41) is 4.25. The number of halogens is 2. The predicted octanol–water partition coefficient (Wildman–Crippen LogP) is 3.97. The van der Waals surface area contributed by atoms with Crippen molar-refractivity contribution in [2.24, 2.45) is 23.5 Å². The first kappa shape index (κ1) is 21.9. The molecule has 34 heavy (non-hydrogen) atoms. The molecule has 176 valence electrons. The molecule has 2 aliphatic carbocycles. The Labute approximate surface area is 210 Å². The first-order valence-electron chi connectivity index (χ1n) is 11.4. The van der Waals surface area contributed by atoms with Crippen LogP contribution in [-0.4, -0.2) is 53.2 Å². The van der Waals surface area contributed by atoms with Crippen LogP contribution in [0.4, 0.5) is 11.4 Å². The third-order valence-corrected chi connectivity index (χ3v) is 8.04. The molecule has 2 aromatic heterocycles. The topological polar surface area (TPSA) is 109 Å². The van der Waals surface area contributed by atoms with Crippen LogP contribution in [0.15, 0.2) is 41.0 Å². The number of fused-ring (bicyclic) bond motifs is 3. The van der Waals surface area contributed by atoms with E-state index in [9.17, 15) is 4.79 Å². The number of carbonyl (C=O) groups excluding carboxylic acids is 1. The van der Waals surface area contributed by atoms with Gasteiger partial charge in [-0.15, -0.1) is 0 Å². The van der Waals surface area contributed by atoms with Crippen molar-refractivity contribution in [1.29, 1.82) is 0 Å². The number of nitrogens with zero attached hydrogens (tertiary/aromatic N) is 3. The van der Waals surface area contributed by atoms with Gasteiger partial charge in [-0.1, -0.05) is 23.8 Å². The molecule has 3 aromatic rings. The number of ether oxygens (including phenoxy) is 1. The number of H-pyrrole nitrogens is 1. The fraction of sp³-hybridized carbons (Fsp3) is 0.375. The highest BCUT2D eigenvalue weighted by atomic mass is 79.9. The summed E-state index contributed by atoms with van der Waals surface area (Å²) in [5.74, 6) is 0.627. The van der Waals surface area contributed by atoms with Gasteiger partial charge in [-0.3, -0.25) is 4.79 Å². The van der Waals surface area contributed by atoms with Crippen molar-refractivity contribution in [3.05, 3.63) is 46.0 Å². The lowest BCUT2D eigenvalue weighted by Crippen LogP contribution is -2.41. The molecule has 0 unspecified atom stereocenters. The molecule has 1 aromatic carbocycles. The number of anilines is 2. The van der Waals surface area contributed by atoms with Crippen molar-refractivity contribution < 1.29 is 9.53 Å². The first-order valence-corrected chi connectivity index (χ1v) is 12.6. The van der Waals surface area contributed by atoms with Crippen LogP contribution in [0, 0.1) is 17.8 Å². The molecule has 3 aliphatic rings. The van der Waals surface area contributed by atoms with Crippen molar-refractivity contribution in [2.45, 2.75) is 12.5 Å². The van der Waals surface area contributed by atoms with Gasteiger partial charge in [0, 0.05) is 30.9 Å². The van der Waals surface area contributed by atoms with E-state index in [4.69, 9.17) is 27.1 Å². The number of hydrogen-bond acceptors (Lipinski definition) is 6. The summed E-state index contributed by atoms with van der Waals surface area (Å²) in [4.78, 5) is 27.1. The highest BCUT2D eigenvalue weighted by Gasteiger charge is 2.47. The summed E-state index contributed by atoms with van der Waals surface area (Å²) in [6.45, 7) is 3.04. The maximum atomic E-state index is 12.2. The second kappa shape index (κ2) is 8.55. The number of allylic oxidation sites excluding steroid dienone is 1. The molecule has 4 N–H and O–H groups in total. The third kappa shape index (κ3) is 3.66. The summed E-state index contributed by atoms with van der Waals surface area (Å²) in [5.41, 5.74) is 9.79. The van der Waals surface area contributed by atoms with E-state index in [2.05, 4.69) is 48.3 Å². The van der Waals surface area contributed by atoms with Crippen molar-refractivity contribution in [1.82, 2.24) is 15.0 Å². The number of amides is 1. The highest BCUT2D eigenvalue weighted by molar-refractivity contribution is 9.10. The normalized spacial score (nSPS) is 25.9. The first-order chi connectivity index (χ1) is 16.5. The minimum atomic E-state index is -0.270. The Hall–Kier alpha value is -2.62. The maximum Gasteiger partial charge on any atom is 0.223 e. The molecule has 0 radical (unpaired) electrons. The molecule has 8 nitrogen and oxygen atoms in total. The average molecular weight is 544 g/mol. The van der Waals surface area contributed by atoms with Gasteiger partial charge in [-0.25, -0.2) is 9.97 Å². The van der Waals surface area contributed by atoms with Crippen LogP contribution in [0.2, 0.25) is 5.02 Å². The van der Waals surface area contributed by atoms with Crippen molar-refractivity contribution in [2.75, 3.05) is 36.5 Å². The van der Waals surface area contributed by atoms with E-state index in [1.54, 1.807) is 6.20 Å². The molecule has 2 fully saturated rings. The zero-order chi connectivity index (χ0) is 23.4. The molecule has 4 atom stereocenters. The number of benzene rings is 1. The molecule has 1 saturated carbocycles. The number of morpholine rings is 1. The Morgan fingerprint density at radius 2 is 2.06 bits per heavy atom. The number of primary amides is 1. The van der Waals surface area contributed by atoms with E-state index < -0.39 is 0 Å². The van der Waals surface area contributed by atoms with Gasteiger partial charge in [0.25, 0.3) is 0 Å². The van der Waals surface area contributed by atoms with Gasteiger partial charge in [0.2, 0.25) is 5.91 Å². The Kier molecular flexibility index (Phi) is 5.50. The number of pyridine rings is 1. The number of rotatable bonds is 5. The monoisotopic (exact) mass is 542 g/mol. The van der Waals surface area contributed by atoms with Gasteiger partial charge in [0.05, 0.1) is 40.0 Å². The maximum absolute atomic E-state index is 12.2. The van der Waals surface area contributed by atoms with Gasteiger partial charge in [0.15, 0.2) is 5.65 Å². The predicted molar refractivity (Wildman–Crippen MR) is 136 cm³/mol. The molecule has 0 spiro atoms. The number of hydrogen-bond donors (Lipinski definition) is 3. The SMILES string of the molecule is NC(=O)[C@@H]1[C@H](Nc2c(Br)cnc3[nH]c(-c4ccc(N5CCOCC5)c(Cl)c4)nc23)[C@H]2C=C[C@@H]1C2. The zero-order valence-electron chi connectivity index (χ0n) is 18.3. The van der Waals surface area contributed by atoms with Gasteiger partial charge >= 0.3 is 0 Å². The Morgan fingerprint density at radius 3 is 2.82 bits per heavy atom. The summed E-state index contributed by atoms with van der Waals surface area (Å²) in [6, 6.07) is 5.89. The Morgan fingerprint density at radius 1 is 1.26 bits per heavy atom. The number of carbonyl (C=O) groups is 1. The zero-order valence-corrected chi connectivity index (χ0v) is 20.6. The second-order valence-electron chi connectivity index (χ2n) is 9.08. The average Bonchev–Trinajstić information content (AvgIpc) is 3.56. The minimum absolute atomic E-state index is 0.0724. The largest absolute Gasteiger partial charge is 0.378 e. The molecule has 3 heterocycles. The number of imidazole rings is 1. The van der Waals surface area contributed by atoms with Gasteiger partial charge in [0.1, 0.15) is 11.3 Å². The minimum Gasteiger partial charge on any atom is -0.378 e. The highest BCUT2D eigenvalue weighted by Crippen LogP contribution is 2.46. The van der Waals surface area contributed by atoms with Crippen LogP contribution in [0.1, 0.15) is 6.42 Å². The van der Waals surface area contributed by atoms with E-state index in [1.807, 2.05) is 18.2 Å². The number of aromatic amines is 1. The van der Waals surface area contributed by atoms with Crippen LogP contribution in [0.25, 0.3) is 22.6 Å². The molecule has 1 saturated heterocycles. The van der Waals surface area contributed by atoms with Gasteiger partial charge < -0.3 is 25.7 Å². The number of nitrogens with two attached hydrogens (primary N) is 1. The Balaban J connectivity index is 1.34. The van der Waals surface area contributed by atoms with Crippen molar-refractivity contribution in [3.8, 4) is 11.4 Å².